The van der Waals surface area contributed by atoms with Crippen LogP contribution in [0.5, 0.6) is 0 Å². The van der Waals surface area contributed by atoms with Crippen molar-refractivity contribution in [2.75, 3.05) is 19.7 Å². The monoisotopic (exact) mass is 238 g/mol. The molecule has 0 aromatic rings. The highest BCUT2D eigenvalue weighted by atomic mass is 16.3. The van der Waals surface area contributed by atoms with Gasteiger partial charge < -0.3 is 15.3 Å². The third-order valence-corrected chi connectivity index (χ3v) is 4.82. The maximum absolute atomic E-state index is 12.5. The number of aliphatic hydroxyl groups excluding tert-OH is 1. The van der Waals surface area contributed by atoms with Crippen LogP contribution in [0.1, 0.15) is 32.1 Å². The Morgan fingerprint density at radius 1 is 1.35 bits per heavy atom. The summed E-state index contributed by atoms with van der Waals surface area (Å²) in [6.45, 7) is 2.07. The summed E-state index contributed by atoms with van der Waals surface area (Å²) in [5.41, 5.74) is 0. The van der Waals surface area contributed by atoms with E-state index in [2.05, 4.69) is 5.32 Å². The van der Waals surface area contributed by atoms with Crippen LogP contribution in [0.15, 0.2) is 0 Å². The molecule has 1 amide bonds. The Kier molecular flexibility index (Phi) is 3.09. The van der Waals surface area contributed by atoms with Gasteiger partial charge in [-0.3, -0.25) is 4.79 Å². The maximum atomic E-state index is 12.5. The van der Waals surface area contributed by atoms with Gasteiger partial charge in [0.1, 0.15) is 0 Å². The summed E-state index contributed by atoms with van der Waals surface area (Å²) < 4.78 is 0. The topological polar surface area (TPSA) is 52.6 Å². The summed E-state index contributed by atoms with van der Waals surface area (Å²) in [6.07, 6.45) is 5.51. The SMILES string of the molecule is O=C(C1CC2CCC1NC2)N1CCC[C@@H]1CO. The normalized spacial score (nSPS) is 40.9. The summed E-state index contributed by atoms with van der Waals surface area (Å²) in [7, 11) is 0. The molecule has 3 unspecified atom stereocenters. The highest BCUT2D eigenvalue weighted by molar-refractivity contribution is 5.80. The first kappa shape index (κ1) is 11.5. The fraction of sp³-hybridized carbons (Fsp3) is 0.923. The molecule has 1 saturated carbocycles. The van der Waals surface area contributed by atoms with Crippen molar-refractivity contribution in [3.05, 3.63) is 0 Å². The Hall–Kier alpha value is -0.610. The van der Waals surface area contributed by atoms with E-state index in [4.69, 9.17) is 0 Å². The van der Waals surface area contributed by atoms with Gasteiger partial charge in [-0.25, -0.2) is 0 Å². The van der Waals surface area contributed by atoms with Crippen LogP contribution in [0, 0.1) is 11.8 Å². The van der Waals surface area contributed by atoms with Crippen LogP contribution in [0.3, 0.4) is 0 Å². The predicted molar refractivity (Wildman–Crippen MR) is 64.4 cm³/mol. The third-order valence-electron chi connectivity index (χ3n) is 4.82. The van der Waals surface area contributed by atoms with Gasteiger partial charge in [0.25, 0.3) is 0 Å². The van der Waals surface area contributed by atoms with Crippen molar-refractivity contribution in [3.8, 4) is 0 Å². The molecular weight excluding hydrogens is 216 g/mol. The van der Waals surface area contributed by atoms with Gasteiger partial charge in [-0.1, -0.05) is 0 Å². The van der Waals surface area contributed by atoms with E-state index in [1.54, 1.807) is 0 Å². The Labute approximate surface area is 102 Å². The number of nitrogens with zero attached hydrogens (tertiary/aromatic N) is 1. The van der Waals surface area contributed by atoms with Crippen molar-refractivity contribution in [3.63, 3.8) is 0 Å². The number of aliphatic hydroxyl groups is 1. The van der Waals surface area contributed by atoms with Crippen molar-refractivity contribution >= 4 is 5.91 Å². The van der Waals surface area contributed by atoms with E-state index in [0.29, 0.717) is 17.9 Å². The van der Waals surface area contributed by atoms with E-state index in [1.165, 1.54) is 6.42 Å². The first-order valence-electron chi connectivity index (χ1n) is 6.94. The molecule has 96 valence electrons. The first-order valence-corrected chi connectivity index (χ1v) is 6.94. The fourth-order valence-electron chi connectivity index (χ4n) is 3.81. The average molecular weight is 238 g/mol. The lowest BCUT2D eigenvalue weighted by molar-refractivity contribution is -0.140. The van der Waals surface area contributed by atoms with Gasteiger partial charge in [-0.15, -0.1) is 0 Å². The summed E-state index contributed by atoms with van der Waals surface area (Å²) in [4.78, 5) is 14.5. The Balaban J connectivity index is 1.69. The molecule has 4 nitrogen and oxygen atoms in total. The lowest BCUT2D eigenvalue weighted by Gasteiger charge is -2.44. The van der Waals surface area contributed by atoms with Crippen molar-refractivity contribution in [1.82, 2.24) is 10.2 Å². The van der Waals surface area contributed by atoms with Crippen LogP contribution >= 0.6 is 0 Å². The number of fused-ring (bicyclic) bond motifs is 3. The summed E-state index contributed by atoms with van der Waals surface area (Å²) in [6, 6.07) is 0.482. The molecule has 3 heterocycles. The fourth-order valence-corrected chi connectivity index (χ4v) is 3.81. The molecule has 0 aromatic carbocycles. The molecule has 1 aliphatic carbocycles. The smallest absolute Gasteiger partial charge is 0.227 e. The summed E-state index contributed by atoms with van der Waals surface area (Å²) in [5.74, 6) is 1.17. The number of carbonyl (C=O) groups is 1. The molecule has 3 aliphatic heterocycles. The Morgan fingerprint density at radius 3 is 2.82 bits per heavy atom. The molecule has 4 heteroatoms. The molecule has 17 heavy (non-hydrogen) atoms. The van der Waals surface area contributed by atoms with E-state index in [-0.39, 0.29) is 18.6 Å². The van der Waals surface area contributed by atoms with Crippen LogP contribution in [-0.2, 0) is 4.79 Å². The van der Waals surface area contributed by atoms with E-state index >= 15 is 0 Å². The van der Waals surface area contributed by atoms with Crippen molar-refractivity contribution in [2.45, 2.75) is 44.2 Å². The molecule has 3 saturated heterocycles. The number of rotatable bonds is 2. The van der Waals surface area contributed by atoms with Gasteiger partial charge in [-0.2, -0.15) is 0 Å². The van der Waals surface area contributed by atoms with Gasteiger partial charge >= 0.3 is 0 Å². The van der Waals surface area contributed by atoms with Crippen LogP contribution in [0.25, 0.3) is 0 Å². The number of piperidine rings is 2. The number of carbonyl (C=O) groups excluding carboxylic acids is 1. The third kappa shape index (κ3) is 1.97. The molecule has 0 aromatic heterocycles. The number of likely N-dealkylation sites (tertiary alicyclic amines) is 1. The molecule has 0 spiro atoms. The number of nitrogens with one attached hydrogen (secondary N) is 1. The second-order valence-electron chi connectivity index (χ2n) is 5.81. The van der Waals surface area contributed by atoms with Gasteiger partial charge in [0.15, 0.2) is 0 Å². The Morgan fingerprint density at radius 2 is 2.24 bits per heavy atom. The molecule has 4 atom stereocenters. The van der Waals surface area contributed by atoms with Crippen LogP contribution in [-0.4, -0.2) is 47.7 Å². The zero-order valence-corrected chi connectivity index (χ0v) is 10.3. The van der Waals surface area contributed by atoms with Crippen LogP contribution < -0.4 is 5.32 Å². The van der Waals surface area contributed by atoms with Crippen molar-refractivity contribution < 1.29 is 9.90 Å². The second-order valence-corrected chi connectivity index (χ2v) is 5.81. The van der Waals surface area contributed by atoms with E-state index < -0.39 is 0 Å². The minimum absolute atomic E-state index is 0.0861. The zero-order valence-electron chi connectivity index (χ0n) is 10.3. The standard InChI is InChI=1S/C13H22N2O2/c16-8-10-2-1-5-15(10)13(17)11-6-9-3-4-12(11)14-7-9/h9-12,14,16H,1-8H2/t9?,10-,11?,12?/m1/s1. The van der Waals surface area contributed by atoms with Crippen molar-refractivity contribution in [2.24, 2.45) is 11.8 Å². The maximum Gasteiger partial charge on any atom is 0.227 e. The van der Waals surface area contributed by atoms with Gasteiger partial charge in [0, 0.05) is 12.6 Å². The number of hydrogen-bond acceptors (Lipinski definition) is 3. The summed E-state index contributed by atoms with van der Waals surface area (Å²) in [5, 5.41) is 12.8. The highest BCUT2D eigenvalue weighted by Gasteiger charge is 2.42. The minimum atomic E-state index is 0.0861. The lowest BCUT2D eigenvalue weighted by Crippen LogP contribution is -2.56. The van der Waals surface area contributed by atoms with Crippen molar-refractivity contribution in [1.29, 1.82) is 0 Å². The van der Waals surface area contributed by atoms with E-state index in [9.17, 15) is 9.90 Å². The second kappa shape index (κ2) is 4.58. The lowest BCUT2D eigenvalue weighted by atomic mass is 9.73. The quantitative estimate of drug-likeness (QED) is 0.730. The van der Waals surface area contributed by atoms with Gasteiger partial charge in [0.2, 0.25) is 5.91 Å². The zero-order chi connectivity index (χ0) is 11.8. The van der Waals surface area contributed by atoms with Gasteiger partial charge in [0.05, 0.1) is 18.6 Å². The molecule has 2 N–H and O–H groups in total. The summed E-state index contributed by atoms with van der Waals surface area (Å²) >= 11 is 0. The average Bonchev–Trinajstić information content (AvgIpc) is 2.87. The van der Waals surface area contributed by atoms with Gasteiger partial charge in [-0.05, 0) is 44.6 Å². The molecule has 2 bridgehead atoms. The van der Waals surface area contributed by atoms with E-state index in [0.717, 1.165) is 38.8 Å². The number of hydrogen-bond donors (Lipinski definition) is 2. The Bertz CT molecular complexity index is 300. The molecule has 4 fully saturated rings. The van der Waals surface area contributed by atoms with E-state index in [1.807, 2.05) is 4.90 Å². The molecule has 0 radical (unpaired) electrons. The van der Waals surface area contributed by atoms with Crippen LogP contribution in [0.2, 0.25) is 0 Å². The largest absolute Gasteiger partial charge is 0.394 e. The first-order chi connectivity index (χ1) is 8.29. The molecule has 4 rings (SSSR count). The number of amides is 1. The predicted octanol–water partition coefficient (Wildman–Crippen LogP) is 0.358. The van der Waals surface area contributed by atoms with Crippen LogP contribution in [0.4, 0.5) is 0 Å². The highest BCUT2D eigenvalue weighted by Crippen LogP contribution is 2.35. The molecule has 4 aliphatic rings. The minimum Gasteiger partial charge on any atom is -0.394 e. The molecular formula is C13H22N2O2.